The van der Waals surface area contributed by atoms with Crippen molar-refractivity contribution in [3.05, 3.63) is 35.5 Å². The fraction of sp³-hybridized carbons (Fsp3) is 0.308. The van der Waals surface area contributed by atoms with Gasteiger partial charge in [0.2, 0.25) is 0 Å². The topological polar surface area (TPSA) is 42.2 Å². The Hall–Kier alpha value is -1.77. The SMILES string of the molecule is Cc1c(C(=O)O)c2ccccc2n1C(C)C. The van der Waals surface area contributed by atoms with Crippen molar-refractivity contribution in [1.82, 2.24) is 4.57 Å². The van der Waals surface area contributed by atoms with E-state index >= 15 is 0 Å². The van der Waals surface area contributed by atoms with E-state index in [1.54, 1.807) is 0 Å². The van der Waals surface area contributed by atoms with Crippen molar-refractivity contribution < 1.29 is 9.90 Å². The largest absolute Gasteiger partial charge is 0.478 e. The maximum atomic E-state index is 11.3. The summed E-state index contributed by atoms with van der Waals surface area (Å²) in [6.07, 6.45) is 0. The predicted molar refractivity (Wildman–Crippen MR) is 64.0 cm³/mol. The molecule has 1 heterocycles. The summed E-state index contributed by atoms with van der Waals surface area (Å²) < 4.78 is 2.07. The van der Waals surface area contributed by atoms with E-state index < -0.39 is 5.97 Å². The summed E-state index contributed by atoms with van der Waals surface area (Å²) in [5.74, 6) is -0.854. The second kappa shape index (κ2) is 3.67. The monoisotopic (exact) mass is 217 g/mol. The Bertz CT molecular complexity index is 552. The lowest BCUT2D eigenvalue weighted by atomic mass is 10.1. The van der Waals surface area contributed by atoms with Gasteiger partial charge in [0, 0.05) is 22.6 Å². The van der Waals surface area contributed by atoms with Gasteiger partial charge >= 0.3 is 5.97 Å². The molecule has 84 valence electrons. The first-order valence-corrected chi connectivity index (χ1v) is 5.37. The highest BCUT2D eigenvalue weighted by atomic mass is 16.4. The highest BCUT2D eigenvalue weighted by Gasteiger charge is 2.19. The van der Waals surface area contributed by atoms with Crippen LogP contribution in [-0.2, 0) is 0 Å². The van der Waals surface area contributed by atoms with E-state index in [2.05, 4.69) is 18.4 Å². The van der Waals surface area contributed by atoms with Gasteiger partial charge in [-0.25, -0.2) is 4.79 Å². The lowest BCUT2D eigenvalue weighted by Crippen LogP contribution is -2.05. The van der Waals surface area contributed by atoms with Crippen LogP contribution in [0.25, 0.3) is 10.9 Å². The average molecular weight is 217 g/mol. The zero-order valence-corrected chi connectivity index (χ0v) is 9.69. The Morgan fingerprint density at radius 1 is 1.31 bits per heavy atom. The predicted octanol–water partition coefficient (Wildman–Crippen LogP) is 3.23. The standard InChI is InChI=1S/C13H15NO2/c1-8(2)14-9(3)12(13(15)16)10-6-4-5-7-11(10)14/h4-8H,1-3H3,(H,15,16). The minimum atomic E-state index is -0.854. The number of rotatable bonds is 2. The van der Waals surface area contributed by atoms with Gasteiger partial charge in [-0.1, -0.05) is 18.2 Å². The van der Waals surface area contributed by atoms with Crippen LogP contribution in [0.15, 0.2) is 24.3 Å². The van der Waals surface area contributed by atoms with E-state index in [-0.39, 0.29) is 6.04 Å². The summed E-state index contributed by atoms with van der Waals surface area (Å²) in [5.41, 5.74) is 2.24. The Morgan fingerprint density at radius 3 is 2.50 bits per heavy atom. The zero-order chi connectivity index (χ0) is 11.9. The van der Waals surface area contributed by atoms with Crippen LogP contribution in [0.3, 0.4) is 0 Å². The van der Waals surface area contributed by atoms with Crippen LogP contribution in [0.1, 0.15) is 35.9 Å². The van der Waals surface area contributed by atoms with Crippen LogP contribution >= 0.6 is 0 Å². The van der Waals surface area contributed by atoms with Crippen LogP contribution in [0, 0.1) is 6.92 Å². The van der Waals surface area contributed by atoms with Crippen LogP contribution in [0.2, 0.25) is 0 Å². The number of hydrogen-bond acceptors (Lipinski definition) is 1. The normalized spacial score (nSPS) is 11.2. The third-order valence-electron chi connectivity index (χ3n) is 2.89. The molecule has 0 aliphatic carbocycles. The molecule has 0 radical (unpaired) electrons. The zero-order valence-electron chi connectivity index (χ0n) is 9.69. The van der Waals surface area contributed by atoms with Gasteiger partial charge in [0.1, 0.15) is 0 Å². The maximum Gasteiger partial charge on any atom is 0.338 e. The van der Waals surface area contributed by atoms with E-state index in [0.717, 1.165) is 16.6 Å². The van der Waals surface area contributed by atoms with Crippen molar-refractivity contribution in [2.45, 2.75) is 26.8 Å². The molecule has 2 aromatic rings. The van der Waals surface area contributed by atoms with Crippen molar-refractivity contribution >= 4 is 16.9 Å². The number of benzene rings is 1. The first-order valence-electron chi connectivity index (χ1n) is 5.37. The number of aromatic nitrogens is 1. The number of aromatic carboxylic acids is 1. The molecule has 0 amide bonds. The molecule has 0 unspecified atom stereocenters. The molecule has 0 saturated heterocycles. The quantitative estimate of drug-likeness (QED) is 0.839. The van der Waals surface area contributed by atoms with Crippen LogP contribution < -0.4 is 0 Å². The summed E-state index contributed by atoms with van der Waals surface area (Å²) in [5, 5.41) is 10.1. The molecule has 16 heavy (non-hydrogen) atoms. The van der Waals surface area contributed by atoms with Gasteiger partial charge in [-0.3, -0.25) is 0 Å². The van der Waals surface area contributed by atoms with Crippen LogP contribution in [0.5, 0.6) is 0 Å². The number of hydrogen-bond donors (Lipinski definition) is 1. The molecule has 1 aromatic heterocycles. The first-order chi connectivity index (χ1) is 7.54. The second-order valence-electron chi connectivity index (χ2n) is 4.25. The molecular weight excluding hydrogens is 202 g/mol. The highest BCUT2D eigenvalue weighted by molar-refractivity contribution is 6.05. The molecule has 3 nitrogen and oxygen atoms in total. The number of carboxylic acids is 1. The summed E-state index contributed by atoms with van der Waals surface area (Å²) >= 11 is 0. The van der Waals surface area contributed by atoms with E-state index in [4.69, 9.17) is 0 Å². The van der Waals surface area contributed by atoms with E-state index in [1.807, 2.05) is 31.2 Å². The fourth-order valence-corrected chi connectivity index (χ4v) is 2.33. The van der Waals surface area contributed by atoms with E-state index in [0.29, 0.717) is 5.56 Å². The fourth-order valence-electron chi connectivity index (χ4n) is 2.33. The molecule has 3 heteroatoms. The van der Waals surface area contributed by atoms with Crippen LogP contribution in [0.4, 0.5) is 0 Å². The maximum absolute atomic E-state index is 11.3. The van der Waals surface area contributed by atoms with Crippen molar-refractivity contribution in [3.63, 3.8) is 0 Å². The Labute approximate surface area is 94.3 Å². The summed E-state index contributed by atoms with van der Waals surface area (Å²) in [6.45, 7) is 5.99. The molecular formula is C13H15NO2. The molecule has 0 aliphatic rings. The molecule has 1 N–H and O–H groups in total. The molecule has 0 spiro atoms. The molecule has 0 fully saturated rings. The van der Waals surface area contributed by atoms with Crippen LogP contribution in [-0.4, -0.2) is 15.6 Å². The minimum absolute atomic E-state index is 0.262. The number of fused-ring (bicyclic) bond motifs is 1. The number of carbonyl (C=O) groups is 1. The minimum Gasteiger partial charge on any atom is -0.478 e. The molecule has 2 rings (SSSR count). The van der Waals surface area contributed by atoms with Gasteiger partial charge in [-0.15, -0.1) is 0 Å². The number of nitrogens with zero attached hydrogens (tertiary/aromatic N) is 1. The lowest BCUT2D eigenvalue weighted by Gasteiger charge is -2.12. The van der Waals surface area contributed by atoms with Crippen molar-refractivity contribution in [2.75, 3.05) is 0 Å². The highest BCUT2D eigenvalue weighted by Crippen LogP contribution is 2.28. The number of carboxylic acid groups (broad SMARTS) is 1. The third kappa shape index (κ3) is 1.40. The van der Waals surface area contributed by atoms with E-state index in [1.165, 1.54) is 0 Å². The smallest absolute Gasteiger partial charge is 0.338 e. The van der Waals surface area contributed by atoms with Gasteiger partial charge in [-0.05, 0) is 26.8 Å². The Balaban J connectivity index is 2.91. The molecule has 0 aliphatic heterocycles. The third-order valence-corrected chi connectivity index (χ3v) is 2.89. The Morgan fingerprint density at radius 2 is 1.94 bits per heavy atom. The van der Waals surface area contributed by atoms with Crippen molar-refractivity contribution in [1.29, 1.82) is 0 Å². The summed E-state index contributed by atoms with van der Waals surface area (Å²) in [6, 6.07) is 7.91. The van der Waals surface area contributed by atoms with E-state index in [9.17, 15) is 9.90 Å². The van der Waals surface area contributed by atoms with Gasteiger partial charge < -0.3 is 9.67 Å². The molecule has 0 atom stereocenters. The molecule has 0 saturated carbocycles. The second-order valence-corrected chi connectivity index (χ2v) is 4.25. The van der Waals surface area contributed by atoms with Gasteiger partial charge in [-0.2, -0.15) is 0 Å². The summed E-state index contributed by atoms with van der Waals surface area (Å²) in [4.78, 5) is 11.3. The molecule has 0 bridgehead atoms. The Kier molecular flexibility index (Phi) is 2.46. The van der Waals surface area contributed by atoms with Gasteiger partial charge in [0.05, 0.1) is 5.56 Å². The van der Waals surface area contributed by atoms with Gasteiger partial charge in [0.25, 0.3) is 0 Å². The van der Waals surface area contributed by atoms with Crippen molar-refractivity contribution in [2.24, 2.45) is 0 Å². The first kappa shape index (κ1) is 10.7. The average Bonchev–Trinajstić information content (AvgIpc) is 2.49. The lowest BCUT2D eigenvalue weighted by molar-refractivity contribution is 0.0698. The summed E-state index contributed by atoms with van der Waals surface area (Å²) in [7, 11) is 0. The molecule has 1 aromatic carbocycles. The van der Waals surface area contributed by atoms with Gasteiger partial charge in [0.15, 0.2) is 0 Å². The van der Waals surface area contributed by atoms with Crippen molar-refractivity contribution in [3.8, 4) is 0 Å². The number of para-hydroxylation sites is 1.